The van der Waals surface area contributed by atoms with Crippen molar-refractivity contribution in [2.45, 2.75) is 38.3 Å². The van der Waals surface area contributed by atoms with E-state index in [4.69, 9.17) is 10.6 Å². The number of hydrogen-bond acceptors (Lipinski definition) is 6. The molecule has 24 heavy (non-hydrogen) atoms. The highest BCUT2D eigenvalue weighted by Gasteiger charge is 2.26. The van der Waals surface area contributed by atoms with E-state index in [-0.39, 0.29) is 30.0 Å². The summed E-state index contributed by atoms with van der Waals surface area (Å²) in [7, 11) is 0. The molecule has 0 heterocycles. The quantitative estimate of drug-likeness (QED) is 0.279. The third kappa shape index (κ3) is 7.38. The maximum absolute atomic E-state index is 11.7. The van der Waals surface area contributed by atoms with Crippen LogP contribution in [0.25, 0.3) is 0 Å². The van der Waals surface area contributed by atoms with Crippen LogP contribution in [0.4, 0.5) is 4.79 Å². The van der Waals surface area contributed by atoms with Gasteiger partial charge in [-0.25, -0.2) is 10.6 Å². The molecule has 0 spiro atoms. The number of hydrazine groups is 2. The average Bonchev–Trinajstić information content (AvgIpc) is 2.62. The monoisotopic (exact) mass is 341 g/mol. The van der Waals surface area contributed by atoms with Crippen LogP contribution in [0.1, 0.15) is 31.2 Å². The Labute approximate surface area is 141 Å². The van der Waals surface area contributed by atoms with Gasteiger partial charge in [0.25, 0.3) is 0 Å². The molecule has 1 aliphatic carbocycles. The minimum atomic E-state index is -0.412. The molecule has 0 saturated heterocycles. The van der Waals surface area contributed by atoms with E-state index in [1.54, 1.807) is 0 Å². The Morgan fingerprint density at radius 3 is 2.21 bits per heavy atom. The van der Waals surface area contributed by atoms with Gasteiger partial charge in [0, 0.05) is 12.0 Å². The molecule has 0 bridgehead atoms. The van der Waals surface area contributed by atoms with Crippen molar-refractivity contribution in [1.82, 2.24) is 10.7 Å². The minimum absolute atomic E-state index is 0. The Kier molecular flexibility index (Phi) is 11.1. The largest absolute Gasteiger partial charge is 0.445 e. The van der Waals surface area contributed by atoms with E-state index in [1.807, 2.05) is 30.3 Å². The first-order valence-corrected chi connectivity index (χ1v) is 7.50. The molecule has 0 atom stereocenters. The van der Waals surface area contributed by atoms with Crippen LogP contribution < -0.4 is 28.3 Å². The minimum Gasteiger partial charge on any atom is -0.445 e. The van der Waals surface area contributed by atoms with Gasteiger partial charge < -0.3 is 15.5 Å². The summed E-state index contributed by atoms with van der Waals surface area (Å²) in [5, 5.41) is 2.84. The SMILES string of the molecule is NN.NNC(=O)C1CCC(NC(=O)OCc2ccccc2)CC1.O. The molecule has 0 radical (unpaired) electrons. The molecule has 0 unspecified atom stereocenters. The molecule has 1 aromatic carbocycles. The molecular weight excluding hydrogens is 314 g/mol. The van der Waals surface area contributed by atoms with E-state index in [0.29, 0.717) is 0 Å². The van der Waals surface area contributed by atoms with Gasteiger partial charge in [0.2, 0.25) is 5.91 Å². The second-order valence-electron chi connectivity index (χ2n) is 5.26. The number of benzene rings is 1. The highest BCUT2D eigenvalue weighted by Crippen LogP contribution is 2.24. The number of nitrogens with two attached hydrogens (primary N) is 3. The normalized spacial score (nSPS) is 19.0. The van der Waals surface area contributed by atoms with Gasteiger partial charge >= 0.3 is 6.09 Å². The molecule has 2 amide bonds. The maximum atomic E-state index is 11.7. The predicted octanol–water partition coefficient (Wildman–Crippen LogP) is -0.544. The number of nitrogens with one attached hydrogen (secondary N) is 2. The zero-order valence-electron chi connectivity index (χ0n) is 13.5. The second kappa shape index (κ2) is 12.3. The van der Waals surface area contributed by atoms with Crippen molar-refractivity contribution < 1.29 is 19.8 Å². The summed E-state index contributed by atoms with van der Waals surface area (Å²) in [6, 6.07) is 9.60. The molecule has 2 rings (SSSR count). The summed E-state index contributed by atoms with van der Waals surface area (Å²) in [4.78, 5) is 23.1. The Morgan fingerprint density at radius 1 is 1.08 bits per heavy atom. The van der Waals surface area contributed by atoms with E-state index < -0.39 is 6.09 Å². The Balaban J connectivity index is 0.00000170. The molecule has 9 nitrogen and oxygen atoms in total. The van der Waals surface area contributed by atoms with Crippen LogP contribution in [0.3, 0.4) is 0 Å². The number of amides is 2. The fourth-order valence-electron chi connectivity index (χ4n) is 2.55. The van der Waals surface area contributed by atoms with Crippen LogP contribution in [-0.2, 0) is 16.1 Å². The highest BCUT2D eigenvalue weighted by atomic mass is 16.5. The fourth-order valence-corrected chi connectivity index (χ4v) is 2.55. The number of rotatable bonds is 4. The maximum Gasteiger partial charge on any atom is 0.407 e. The molecule has 0 aromatic heterocycles. The van der Waals surface area contributed by atoms with Gasteiger partial charge in [0.05, 0.1) is 0 Å². The molecule has 1 fully saturated rings. The molecule has 9 heteroatoms. The van der Waals surface area contributed by atoms with Crippen molar-refractivity contribution in [3.63, 3.8) is 0 Å². The smallest absolute Gasteiger partial charge is 0.407 e. The number of carbonyl (C=O) groups excluding carboxylic acids is 2. The summed E-state index contributed by atoms with van der Waals surface area (Å²) in [5.41, 5.74) is 3.13. The van der Waals surface area contributed by atoms with Gasteiger partial charge in [-0.05, 0) is 31.2 Å². The molecular formula is C15H27N5O4. The van der Waals surface area contributed by atoms with E-state index >= 15 is 0 Å². The van der Waals surface area contributed by atoms with Crippen molar-refractivity contribution in [2.24, 2.45) is 23.4 Å². The molecule has 136 valence electrons. The summed E-state index contributed by atoms with van der Waals surface area (Å²) in [6.07, 6.45) is 2.57. The van der Waals surface area contributed by atoms with Crippen molar-refractivity contribution in [3.05, 3.63) is 35.9 Å². The zero-order valence-corrected chi connectivity index (χ0v) is 13.5. The predicted molar refractivity (Wildman–Crippen MR) is 89.8 cm³/mol. The fraction of sp³-hybridized carbons (Fsp3) is 0.467. The molecule has 10 N–H and O–H groups in total. The lowest BCUT2D eigenvalue weighted by Crippen LogP contribution is -2.42. The van der Waals surface area contributed by atoms with Gasteiger partial charge in [0.15, 0.2) is 0 Å². The average molecular weight is 341 g/mol. The Hall–Kier alpha value is -2.20. The first kappa shape index (κ1) is 21.8. The zero-order chi connectivity index (χ0) is 17.1. The van der Waals surface area contributed by atoms with Crippen LogP contribution in [0.5, 0.6) is 0 Å². The number of carbonyl (C=O) groups is 2. The number of hydrogen-bond donors (Lipinski definition) is 5. The van der Waals surface area contributed by atoms with Crippen LogP contribution in [0.15, 0.2) is 30.3 Å². The third-order valence-electron chi connectivity index (χ3n) is 3.77. The standard InChI is InChI=1S/C15H21N3O3.H4N2.H2O/c16-18-14(19)12-6-8-13(9-7-12)17-15(20)21-10-11-4-2-1-3-5-11;1-2;/h1-5,12-13H,6-10,16H2,(H,17,20)(H,18,19);1-2H2;1H2. The highest BCUT2D eigenvalue weighted by molar-refractivity contribution is 5.78. The van der Waals surface area contributed by atoms with E-state index in [1.165, 1.54) is 0 Å². The summed E-state index contributed by atoms with van der Waals surface area (Å²) >= 11 is 0. The molecule has 0 aliphatic heterocycles. The summed E-state index contributed by atoms with van der Waals surface area (Å²) < 4.78 is 5.18. The lowest BCUT2D eigenvalue weighted by Gasteiger charge is -2.27. The molecule has 1 aliphatic rings. The van der Waals surface area contributed by atoms with Crippen LogP contribution in [-0.4, -0.2) is 23.5 Å². The first-order chi connectivity index (χ1) is 11.2. The van der Waals surface area contributed by atoms with Crippen LogP contribution in [0, 0.1) is 5.92 Å². The van der Waals surface area contributed by atoms with Gasteiger partial charge in [-0.3, -0.25) is 21.9 Å². The number of ether oxygens (including phenoxy) is 1. The molecule has 1 saturated carbocycles. The van der Waals surface area contributed by atoms with Crippen LogP contribution >= 0.6 is 0 Å². The van der Waals surface area contributed by atoms with Crippen LogP contribution in [0.2, 0.25) is 0 Å². The van der Waals surface area contributed by atoms with Crippen molar-refractivity contribution in [3.8, 4) is 0 Å². The Bertz CT molecular complexity index is 478. The van der Waals surface area contributed by atoms with Gasteiger partial charge in [-0.15, -0.1) is 0 Å². The summed E-state index contributed by atoms with van der Waals surface area (Å²) in [6.45, 7) is 0.262. The van der Waals surface area contributed by atoms with Crippen molar-refractivity contribution >= 4 is 12.0 Å². The third-order valence-corrected chi connectivity index (χ3v) is 3.77. The van der Waals surface area contributed by atoms with Gasteiger partial charge in [-0.2, -0.15) is 0 Å². The molecule has 1 aromatic rings. The van der Waals surface area contributed by atoms with E-state index in [9.17, 15) is 9.59 Å². The van der Waals surface area contributed by atoms with Gasteiger partial charge in [0.1, 0.15) is 6.61 Å². The number of alkyl carbamates (subject to hydrolysis) is 1. The first-order valence-electron chi connectivity index (χ1n) is 7.50. The van der Waals surface area contributed by atoms with Crippen molar-refractivity contribution in [1.29, 1.82) is 0 Å². The Morgan fingerprint density at radius 2 is 1.67 bits per heavy atom. The van der Waals surface area contributed by atoms with Crippen molar-refractivity contribution in [2.75, 3.05) is 0 Å². The topological polar surface area (TPSA) is 177 Å². The second-order valence-corrected chi connectivity index (χ2v) is 5.26. The van der Waals surface area contributed by atoms with Gasteiger partial charge in [-0.1, -0.05) is 30.3 Å². The van der Waals surface area contributed by atoms with E-state index in [2.05, 4.69) is 22.4 Å². The summed E-state index contributed by atoms with van der Waals surface area (Å²) in [5.74, 6) is 13.0. The van der Waals surface area contributed by atoms with E-state index in [0.717, 1.165) is 31.2 Å². The lowest BCUT2D eigenvalue weighted by atomic mass is 9.85. The lowest BCUT2D eigenvalue weighted by molar-refractivity contribution is -0.126.